The SMILES string of the molecule is Cn1ncnc1-c1nc(Cl)cc(Cl)c1C(N)=O. The van der Waals surface area contributed by atoms with Gasteiger partial charge < -0.3 is 5.73 Å². The quantitative estimate of drug-likeness (QED) is 0.834. The normalized spacial score (nSPS) is 10.5. The number of rotatable bonds is 2. The molecule has 0 radical (unpaired) electrons. The average Bonchev–Trinajstić information content (AvgIpc) is 2.62. The second-order valence-electron chi connectivity index (χ2n) is 3.22. The molecule has 0 aromatic carbocycles. The van der Waals surface area contributed by atoms with Gasteiger partial charge in [-0.1, -0.05) is 23.2 Å². The molecule has 0 aliphatic heterocycles. The molecule has 0 spiro atoms. The molecular weight excluding hydrogens is 265 g/mol. The van der Waals surface area contributed by atoms with E-state index >= 15 is 0 Å². The molecule has 88 valence electrons. The van der Waals surface area contributed by atoms with Crippen molar-refractivity contribution < 1.29 is 4.79 Å². The Bertz CT molecular complexity index is 595. The van der Waals surface area contributed by atoms with E-state index in [0.717, 1.165) is 0 Å². The van der Waals surface area contributed by atoms with Crippen molar-refractivity contribution in [2.24, 2.45) is 12.8 Å². The lowest BCUT2D eigenvalue weighted by Crippen LogP contribution is -2.15. The Morgan fingerprint density at radius 2 is 2.18 bits per heavy atom. The van der Waals surface area contributed by atoms with Gasteiger partial charge in [0.15, 0.2) is 5.82 Å². The highest BCUT2D eigenvalue weighted by Gasteiger charge is 2.20. The van der Waals surface area contributed by atoms with Crippen LogP contribution in [0.1, 0.15) is 10.4 Å². The van der Waals surface area contributed by atoms with Gasteiger partial charge in [0.2, 0.25) is 0 Å². The number of primary amides is 1. The first-order chi connectivity index (χ1) is 8.00. The van der Waals surface area contributed by atoms with Gasteiger partial charge in [0.1, 0.15) is 17.2 Å². The van der Waals surface area contributed by atoms with Gasteiger partial charge in [-0.15, -0.1) is 0 Å². The van der Waals surface area contributed by atoms with E-state index in [1.807, 2.05) is 0 Å². The maximum absolute atomic E-state index is 11.4. The zero-order chi connectivity index (χ0) is 12.6. The summed E-state index contributed by atoms with van der Waals surface area (Å²) < 4.78 is 1.45. The summed E-state index contributed by atoms with van der Waals surface area (Å²) in [6.45, 7) is 0. The molecule has 1 amide bonds. The van der Waals surface area contributed by atoms with Gasteiger partial charge in [-0.05, 0) is 6.07 Å². The van der Waals surface area contributed by atoms with Crippen LogP contribution in [0.5, 0.6) is 0 Å². The number of pyridine rings is 1. The van der Waals surface area contributed by atoms with Crippen LogP contribution in [0.15, 0.2) is 12.4 Å². The van der Waals surface area contributed by atoms with E-state index in [2.05, 4.69) is 15.1 Å². The van der Waals surface area contributed by atoms with Crippen LogP contribution in [0.3, 0.4) is 0 Å². The number of halogens is 2. The molecule has 2 N–H and O–H groups in total. The van der Waals surface area contributed by atoms with Crippen molar-refractivity contribution in [3.8, 4) is 11.5 Å². The summed E-state index contributed by atoms with van der Waals surface area (Å²) in [7, 11) is 1.66. The van der Waals surface area contributed by atoms with E-state index < -0.39 is 5.91 Å². The van der Waals surface area contributed by atoms with Gasteiger partial charge in [-0.25, -0.2) is 14.6 Å². The summed E-state index contributed by atoms with van der Waals surface area (Å²) in [6, 6.07) is 1.35. The number of nitrogens with zero attached hydrogens (tertiary/aromatic N) is 4. The molecular formula is C9H7Cl2N5O. The Hall–Kier alpha value is -1.66. The zero-order valence-electron chi connectivity index (χ0n) is 8.69. The van der Waals surface area contributed by atoms with E-state index in [0.29, 0.717) is 5.82 Å². The molecule has 2 aromatic heterocycles. The molecule has 8 heteroatoms. The number of hydrogen-bond acceptors (Lipinski definition) is 4. The van der Waals surface area contributed by atoms with Crippen LogP contribution in [0, 0.1) is 0 Å². The minimum atomic E-state index is -0.697. The van der Waals surface area contributed by atoms with Crippen molar-refractivity contribution in [1.82, 2.24) is 19.7 Å². The van der Waals surface area contributed by atoms with Gasteiger partial charge in [-0.2, -0.15) is 5.10 Å². The van der Waals surface area contributed by atoms with Crippen LogP contribution in [-0.2, 0) is 7.05 Å². The van der Waals surface area contributed by atoms with Gasteiger partial charge in [0.25, 0.3) is 5.91 Å². The second kappa shape index (κ2) is 4.31. The minimum Gasteiger partial charge on any atom is -0.365 e. The summed E-state index contributed by atoms with van der Waals surface area (Å²) in [4.78, 5) is 19.3. The summed E-state index contributed by atoms with van der Waals surface area (Å²) in [6.07, 6.45) is 1.33. The standard InChI is InChI=1S/C9H7Cl2N5O/c1-16-9(13-3-14-16)7-6(8(12)17)4(10)2-5(11)15-7/h2-3H,1H3,(H2,12,17). The number of amides is 1. The van der Waals surface area contributed by atoms with Gasteiger partial charge >= 0.3 is 0 Å². The molecule has 0 unspecified atom stereocenters. The van der Waals surface area contributed by atoms with Gasteiger partial charge in [-0.3, -0.25) is 4.79 Å². The van der Waals surface area contributed by atoms with Crippen molar-refractivity contribution in [3.63, 3.8) is 0 Å². The highest BCUT2D eigenvalue weighted by molar-refractivity contribution is 6.36. The first-order valence-corrected chi connectivity index (χ1v) is 5.26. The molecule has 0 bridgehead atoms. The molecule has 0 aliphatic carbocycles. The number of aromatic nitrogens is 4. The van der Waals surface area contributed by atoms with E-state index in [1.54, 1.807) is 7.05 Å². The van der Waals surface area contributed by atoms with Gasteiger partial charge in [0, 0.05) is 7.05 Å². The number of nitrogens with two attached hydrogens (primary N) is 1. The minimum absolute atomic E-state index is 0.0761. The summed E-state index contributed by atoms with van der Waals surface area (Å²) in [5.74, 6) is -0.333. The third kappa shape index (κ3) is 2.09. The van der Waals surface area contributed by atoms with E-state index in [9.17, 15) is 4.79 Å². The van der Waals surface area contributed by atoms with Crippen molar-refractivity contribution >= 4 is 29.1 Å². The lowest BCUT2D eigenvalue weighted by Gasteiger charge is -2.07. The Morgan fingerprint density at radius 1 is 1.47 bits per heavy atom. The van der Waals surface area contributed by atoms with Crippen LogP contribution >= 0.6 is 23.2 Å². The smallest absolute Gasteiger partial charge is 0.252 e. The average molecular weight is 272 g/mol. The largest absolute Gasteiger partial charge is 0.365 e. The molecule has 0 aliphatic rings. The molecule has 2 rings (SSSR count). The second-order valence-corrected chi connectivity index (χ2v) is 4.02. The zero-order valence-corrected chi connectivity index (χ0v) is 10.2. The predicted molar refractivity (Wildman–Crippen MR) is 62.8 cm³/mol. The fourth-order valence-electron chi connectivity index (χ4n) is 1.39. The van der Waals surface area contributed by atoms with Crippen molar-refractivity contribution in [3.05, 3.63) is 28.1 Å². The summed E-state index contributed by atoms with van der Waals surface area (Å²) in [5, 5.41) is 4.17. The Morgan fingerprint density at radius 3 is 2.71 bits per heavy atom. The Balaban J connectivity index is 2.76. The molecule has 17 heavy (non-hydrogen) atoms. The number of carbonyl (C=O) groups excluding carboxylic acids is 1. The predicted octanol–water partition coefficient (Wildman–Crippen LogP) is 1.28. The van der Waals surface area contributed by atoms with Crippen LogP contribution in [0.4, 0.5) is 0 Å². The van der Waals surface area contributed by atoms with Crippen molar-refractivity contribution in [1.29, 1.82) is 0 Å². The summed E-state index contributed by atoms with van der Waals surface area (Å²) >= 11 is 11.7. The van der Waals surface area contributed by atoms with E-state index in [1.165, 1.54) is 17.1 Å². The monoisotopic (exact) mass is 271 g/mol. The molecule has 0 atom stereocenters. The Kier molecular flexibility index (Phi) is 2.99. The number of hydrogen-bond donors (Lipinski definition) is 1. The van der Waals surface area contributed by atoms with Gasteiger partial charge in [0.05, 0.1) is 10.6 Å². The first-order valence-electron chi connectivity index (χ1n) is 4.51. The highest BCUT2D eigenvalue weighted by Crippen LogP contribution is 2.28. The van der Waals surface area contributed by atoms with Crippen LogP contribution in [-0.4, -0.2) is 25.7 Å². The fraction of sp³-hybridized carbons (Fsp3) is 0.111. The molecule has 0 saturated carbocycles. The van der Waals surface area contributed by atoms with Crippen LogP contribution in [0.2, 0.25) is 10.2 Å². The molecule has 6 nitrogen and oxygen atoms in total. The van der Waals surface area contributed by atoms with E-state index in [-0.39, 0.29) is 21.4 Å². The molecule has 2 aromatic rings. The van der Waals surface area contributed by atoms with Crippen LogP contribution in [0.25, 0.3) is 11.5 Å². The van der Waals surface area contributed by atoms with E-state index in [4.69, 9.17) is 28.9 Å². The lowest BCUT2D eigenvalue weighted by molar-refractivity contribution is 0.100. The number of carbonyl (C=O) groups is 1. The fourth-order valence-corrected chi connectivity index (χ4v) is 1.93. The Labute approximate surface area is 106 Å². The van der Waals surface area contributed by atoms with Crippen molar-refractivity contribution in [2.45, 2.75) is 0 Å². The maximum atomic E-state index is 11.4. The summed E-state index contributed by atoms with van der Waals surface area (Å²) in [5.41, 5.74) is 5.55. The first kappa shape index (κ1) is 11.8. The number of aryl methyl sites for hydroxylation is 1. The molecule has 0 fully saturated rings. The lowest BCUT2D eigenvalue weighted by atomic mass is 10.1. The maximum Gasteiger partial charge on any atom is 0.252 e. The topological polar surface area (TPSA) is 86.7 Å². The third-order valence-corrected chi connectivity index (χ3v) is 2.60. The molecule has 0 saturated heterocycles. The van der Waals surface area contributed by atoms with Crippen molar-refractivity contribution in [2.75, 3.05) is 0 Å². The highest BCUT2D eigenvalue weighted by atomic mass is 35.5. The third-order valence-electron chi connectivity index (χ3n) is 2.11. The van der Waals surface area contributed by atoms with Crippen LogP contribution < -0.4 is 5.73 Å². The molecule has 2 heterocycles.